The summed E-state index contributed by atoms with van der Waals surface area (Å²) in [6.07, 6.45) is 1.80. The molecular formula is C8H14O5S2. The van der Waals surface area contributed by atoms with Crippen LogP contribution in [-0.4, -0.2) is 31.6 Å². The van der Waals surface area contributed by atoms with Crippen LogP contribution < -0.4 is 0 Å². The number of thioether (sulfide) groups is 1. The molecule has 0 aromatic heterocycles. The Morgan fingerprint density at radius 2 is 2.13 bits per heavy atom. The smallest absolute Gasteiger partial charge is 0.277 e. The summed E-state index contributed by atoms with van der Waals surface area (Å²) >= 11 is 1.50. The molecule has 0 aromatic carbocycles. The van der Waals surface area contributed by atoms with Gasteiger partial charge < -0.3 is 0 Å². The molecule has 0 radical (unpaired) electrons. The average molecular weight is 254 g/mol. The largest absolute Gasteiger partial charge is 0.366 e. The highest BCUT2D eigenvalue weighted by Crippen LogP contribution is 2.05. The molecule has 0 amide bonds. The van der Waals surface area contributed by atoms with Gasteiger partial charge in [0.25, 0.3) is 0 Å². The van der Waals surface area contributed by atoms with Crippen LogP contribution in [0.4, 0.5) is 0 Å². The fourth-order valence-electron chi connectivity index (χ4n) is 0.561. The third kappa shape index (κ3) is 8.46. The van der Waals surface area contributed by atoms with Crippen molar-refractivity contribution in [1.82, 2.24) is 0 Å². The highest BCUT2D eigenvalue weighted by Gasteiger charge is 2.14. The molecule has 0 heterocycles. The number of hydrogen-bond acceptors (Lipinski definition) is 6. The van der Waals surface area contributed by atoms with Crippen LogP contribution in [0, 0.1) is 0 Å². The van der Waals surface area contributed by atoms with Crippen LogP contribution in [0.1, 0.15) is 13.3 Å². The van der Waals surface area contributed by atoms with E-state index in [2.05, 4.69) is 15.8 Å². The number of hydrogen-bond donors (Lipinski definition) is 0. The van der Waals surface area contributed by atoms with E-state index in [-0.39, 0.29) is 5.75 Å². The number of carbonyl (C=O) groups is 1. The van der Waals surface area contributed by atoms with E-state index in [0.29, 0.717) is 5.75 Å². The van der Waals surface area contributed by atoms with Gasteiger partial charge in [-0.3, -0.25) is 4.89 Å². The van der Waals surface area contributed by atoms with Gasteiger partial charge in [0, 0.05) is 11.8 Å². The van der Waals surface area contributed by atoms with E-state index in [0.717, 1.165) is 18.2 Å². The van der Waals surface area contributed by atoms with Gasteiger partial charge in [-0.1, -0.05) is 17.8 Å². The first-order valence-corrected chi connectivity index (χ1v) is 7.08. The highest BCUT2D eigenvalue weighted by molar-refractivity contribution is 8.00. The normalized spacial score (nSPS) is 11.0. The summed E-state index contributed by atoms with van der Waals surface area (Å²) in [4.78, 5) is 14.5. The lowest BCUT2D eigenvalue weighted by Gasteiger charge is -2.02. The fraction of sp³-hybridized carbons (Fsp3) is 0.625. The van der Waals surface area contributed by atoms with Crippen LogP contribution >= 0.6 is 11.8 Å². The molecule has 0 atom stereocenters. The minimum atomic E-state index is -3.78. The van der Waals surface area contributed by atoms with Crippen molar-refractivity contribution in [2.75, 3.05) is 17.3 Å². The van der Waals surface area contributed by atoms with E-state index >= 15 is 0 Å². The molecule has 0 aliphatic rings. The molecule has 0 aliphatic heterocycles. The van der Waals surface area contributed by atoms with Gasteiger partial charge in [0.1, 0.15) is 0 Å². The Labute approximate surface area is 93.9 Å². The lowest BCUT2D eigenvalue weighted by molar-refractivity contribution is -0.204. The quantitative estimate of drug-likeness (QED) is 0.280. The summed E-state index contributed by atoms with van der Waals surface area (Å²) in [6, 6.07) is 0. The Morgan fingerprint density at radius 1 is 1.47 bits per heavy atom. The van der Waals surface area contributed by atoms with Crippen molar-refractivity contribution in [2.45, 2.75) is 13.3 Å². The molecule has 0 aliphatic carbocycles. The van der Waals surface area contributed by atoms with Crippen molar-refractivity contribution < 1.29 is 22.4 Å². The molecule has 0 spiro atoms. The molecule has 0 bridgehead atoms. The summed E-state index contributed by atoms with van der Waals surface area (Å²) in [6.45, 7) is 5.10. The van der Waals surface area contributed by atoms with Crippen molar-refractivity contribution in [2.24, 2.45) is 0 Å². The molecule has 0 saturated heterocycles. The maximum Gasteiger partial charge on any atom is 0.366 e. The van der Waals surface area contributed by atoms with Gasteiger partial charge in [0.2, 0.25) is 0 Å². The maximum atomic E-state index is 11.1. The van der Waals surface area contributed by atoms with Gasteiger partial charge in [-0.25, -0.2) is 4.79 Å². The molecule has 15 heavy (non-hydrogen) atoms. The van der Waals surface area contributed by atoms with E-state index in [4.69, 9.17) is 0 Å². The Bertz CT molecular complexity index is 296. The Morgan fingerprint density at radius 3 is 2.67 bits per heavy atom. The third-order valence-corrected chi connectivity index (χ3v) is 3.64. The standard InChI is InChI=1S/C8H14O5S2/c1-3-5-14-6-7-15(10,11)13-12-8(9)4-2/h4H,2-3,5-7H2,1H3. The molecular weight excluding hydrogens is 240 g/mol. The maximum absolute atomic E-state index is 11.1. The zero-order valence-electron chi connectivity index (χ0n) is 8.47. The van der Waals surface area contributed by atoms with Crippen LogP contribution in [0.5, 0.6) is 0 Å². The number of carbonyl (C=O) groups excluding carboxylic acids is 1. The summed E-state index contributed by atoms with van der Waals surface area (Å²) in [5.41, 5.74) is 0. The Balaban J connectivity index is 3.77. The van der Waals surface area contributed by atoms with Gasteiger partial charge in [0.15, 0.2) is 0 Å². The molecule has 0 rings (SSSR count). The molecule has 5 nitrogen and oxygen atoms in total. The van der Waals surface area contributed by atoms with Gasteiger partial charge in [0.05, 0.1) is 5.75 Å². The van der Waals surface area contributed by atoms with Crippen molar-refractivity contribution in [3.05, 3.63) is 12.7 Å². The second-order valence-electron chi connectivity index (χ2n) is 2.55. The van der Waals surface area contributed by atoms with Crippen molar-refractivity contribution in [3.8, 4) is 0 Å². The Hall–Kier alpha value is -0.530. The van der Waals surface area contributed by atoms with E-state index in [1.165, 1.54) is 11.8 Å². The SMILES string of the molecule is C=CC(=O)OOS(=O)(=O)CCSCCC. The first-order valence-electron chi connectivity index (χ1n) is 4.34. The zero-order valence-corrected chi connectivity index (χ0v) is 10.1. The van der Waals surface area contributed by atoms with Crippen LogP contribution in [0.15, 0.2) is 12.7 Å². The van der Waals surface area contributed by atoms with Crippen LogP contribution in [0.3, 0.4) is 0 Å². The molecule has 0 N–H and O–H groups in total. The fourth-order valence-corrected chi connectivity index (χ4v) is 2.58. The van der Waals surface area contributed by atoms with Crippen LogP contribution in [0.2, 0.25) is 0 Å². The monoisotopic (exact) mass is 254 g/mol. The van der Waals surface area contributed by atoms with Crippen molar-refractivity contribution in [1.29, 1.82) is 0 Å². The molecule has 0 saturated carbocycles. The van der Waals surface area contributed by atoms with Gasteiger partial charge >= 0.3 is 16.1 Å². The zero-order chi connectivity index (χ0) is 11.7. The van der Waals surface area contributed by atoms with E-state index in [9.17, 15) is 13.2 Å². The lowest BCUT2D eigenvalue weighted by atomic mass is 10.6. The van der Waals surface area contributed by atoms with Crippen LogP contribution in [-0.2, 0) is 24.1 Å². The van der Waals surface area contributed by atoms with Crippen molar-refractivity contribution >= 4 is 27.8 Å². The lowest BCUT2D eigenvalue weighted by Crippen LogP contribution is -2.15. The highest BCUT2D eigenvalue weighted by atomic mass is 32.2. The van der Waals surface area contributed by atoms with E-state index in [1.807, 2.05) is 6.92 Å². The van der Waals surface area contributed by atoms with Crippen LogP contribution in [0.25, 0.3) is 0 Å². The number of rotatable bonds is 8. The summed E-state index contributed by atoms with van der Waals surface area (Å²) in [5, 5.41) is 0. The topological polar surface area (TPSA) is 69.7 Å². The molecule has 0 fully saturated rings. The molecule has 0 aromatic rings. The summed E-state index contributed by atoms with van der Waals surface area (Å²) < 4.78 is 26.1. The van der Waals surface area contributed by atoms with Gasteiger partial charge in [-0.15, -0.1) is 0 Å². The minimum absolute atomic E-state index is 0.178. The minimum Gasteiger partial charge on any atom is -0.277 e. The van der Waals surface area contributed by atoms with Gasteiger partial charge in [-0.2, -0.15) is 20.2 Å². The average Bonchev–Trinajstić information content (AvgIpc) is 2.21. The summed E-state index contributed by atoms with van der Waals surface area (Å²) in [7, 11) is -3.78. The second-order valence-corrected chi connectivity index (χ2v) is 5.43. The molecule has 88 valence electrons. The first-order chi connectivity index (χ1) is 7.02. The van der Waals surface area contributed by atoms with E-state index in [1.54, 1.807) is 0 Å². The summed E-state index contributed by atoms with van der Waals surface area (Å²) in [5.74, 6) is 0.200. The second kappa shape index (κ2) is 7.72. The first kappa shape index (κ1) is 14.5. The predicted molar refractivity (Wildman–Crippen MR) is 58.8 cm³/mol. The van der Waals surface area contributed by atoms with Gasteiger partial charge in [-0.05, 0) is 12.2 Å². The molecule has 7 heteroatoms. The van der Waals surface area contributed by atoms with E-state index < -0.39 is 16.1 Å². The molecule has 0 unspecified atom stereocenters. The predicted octanol–water partition coefficient (Wildman–Crippen LogP) is 1.12. The Kier molecular flexibility index (Phi) is 7.45. The van der Waals surface area contributed by atoms with Crippen molar-refractivity contribution in [3.63, 3.8) is 0 Å². The third-order valence-electron chi connectivity index (χ3n) is 1.21.